The molecule has 1 heterocycles. The molecule has 0 radical (unpaired) electrons. The van der Waals surface area contributed by atoms with Crippen LogP contribution in [0.1, 0.15) is 5.69 Å². The van der Waals surface area contributed by atoms with E-state index in [4.69, 9.17) is 10.8 Å². The SMILES string of the molecule is N[C@@H](Cc1cnc[nH]1)C(=O)NCC(=O)O. The van der Waals surface area contributed by atoms with Gasteiger partial charge in [0.1, 0.15) is 6.54 Å². The number of hydrogen-bond donors (Lipinski definition) is 4. The highest BCUT2D eigenvalue weighted by molar-refractivity contribution is 5.85. The third-order valence-corrected chi connectivity index (χ3v) is 1.75. The zero-order valence-corrected chi connectivity index (χ0v) is 7.93. The number of rotatable bonds is 5. The van der Waals surface area contributed by atoms with Crippen LogP contribution in [0.25, 0.3) is 0 Å². The molecular formula is C8H12N4O3. The molecule has 0 aliphatic carbocycles. The summed E-state index contributed by atoms with van der Waals surface area (Å²) >= 11 is 0. The minimum Gasteiger partial charge on any atom is -0.480 e. The number of nitrogens with zero attached hydrogens (tertiary/aromatic N) is 1. The van der Waals surface area contributed by atoms with Crippen molar-refractivity contribution in [2.45, 2.75) is 12.5 Å². The number of carboxylic acid groups (broad SMARTS) is 1. The monoisotopic (exact) mass is 212 g/mol. The maximum absolute atomic E-state index is 11.2. The lowest BCUT2D eigenvalue weighted by atomic mass is 10.1. The summed E-state index contributed by atoms with van der Waals surface area (Å²) in [6.07, 6.45) is 3.34. The van der Waals surface area contributed by atoms with E-state index in [0.29, 0.717) is 6.42 Å². The summed E-state index contributed by atoms with van der Waals surface area (Å²) in [6, 6.07) is -0.773. The van der Waals surface area contributed by atoms with Crippen molar-refractivity contribution in [1.82, 2.24) is 15.3 Å². The molecule has 82 valence electrons. The average molecular weight is 212 g/mol. The normalized spacial score (nSPS) is 12.1. The molecule has 7 nitrogen and oxygen atoms in total. The van der Waals surface area contributed by atoms with Crippen LogP contribution in [0.3, 0.4) is 0 Å². The molecule has 0 aliphatic heterocycles. The molecule has 1 aromatic rings. The lowest BCUT2D eigenvalue weighted by Crippen LogP contribution is -2.43. The molecule has 0 aromatic carbocycles. The van der Waals surface area contributed by atoms with Gasteiger partial charge in [-0.05, 0) is 0 Å². The fourth-order valence-corrected chi connectivity index (χ4v) is 1.02. The maximum atomic E-state index is 11.2. The highest BCUT2D eigenvalue weighted by Crippen LogP contribution is 1.95. The van der Waals surface area contributed by atoms with Gasteiger partial charge in [0.2, 0.25) is 5.91 Å². The van der Waals surface area contributed by atoms with Crippen molar-refractivity contribution < 1.29 is 14.7 Å². The number of amides is 1. The first-order chi connectivity index (χ1) is 7.09. The van der Waals surface area contributed by atoms with Crippen LogP contribution in [0.2, 0.25) is 0 Å². The Morgan fingerprint density at radius 3 is 2.93 bits per heavy atom. The van der Waals surface area contributed by atoms with Gasteiger partial charge >= 0.3 is 5.97 Å². The molecule has 0 spiro atoms. The first kappa shape index (κ1) is 11.2. The zero-order chi connectivity index (χ0) is 11.3. The van der Waals surface area contributed by atoms with Gasteiger partial charge in [0, 0.05) is 18.3 Å². The average Bonchev–Trinajstić information content (AvgIpc) is 2.66. The molecule has 0 saturated heterocycles. The van der Waals surface area contributed by atoms with Crippen LogP contribution >= 0.6 is 0 Å². The van der Waals surface area contributed by atoms with E-state index >= 15 is 0 Å². The lowest BCUT2D eigenvalue weighted by molar-refractivity contribution is -0.138. The van der Waals surface area contributed by atoms with Crippen LogP contribution in [0.5, 0.6) is 0 Å². The molecule has 1 aromatic heterocycles. The largest absolute Gasteiger partial charge is 0.480 e. The van der Waals surface area contributed by atoms with Crippen molar-refractivity contribution in [3.05, 3.63) is 18.2 Å². The smallest absolute Gasteiger partial charge is 0.322 e. The number of aromatic nitrogens is 2. The summed E-state index contributed by atoms with van der Waals surface area (Å²) in [6.45, 7) is -0.421. The van der Waals surface area contributed by atoms with Gasteiger partial charge in [0.25, 0.3) is 0 Å². The van der Waals surface area contributed by atoms with E-state index in [2.05, 4.69) is 15.3 Å². The first-order valence-corrected chi connectivity index (χ1v) is 4.32. The Morgan fingerprint density at radius 1 is 1.67 bits per heavy atom. The molecule has 7 heteroatoms. The molecule has 0 bridgehead atoms. The van der Waals surface area contributed by atoms with Gasteiger partial charge in [0.15, 0.2) is 0 Å². The van der Waals surface area contributed by atoms with Crippen LogP contribution < -0.4 is 11.1 Å². The van der Waals surface area contributed by atoms with Gasteiger partial charge in [-0.1, -0.05) is 0 Å². The van der Waals surface area contributed by atoms with E-state index in [-0.39, 0.29) is 0 Å². The van der Waals surface area contributed by atoms with Gasteiger partial charge in [-0.2, -0.15) is 0 Å². The second kappa shape index (κ2) is 5.11. The molecule has 1 amide bonds. The van der Waals surface area contributed by atoms with Gasteiger partial charge in [-0.25, -0.2) is 4.98 Å². The van der Waals surface area contributed by atoms with Crippen LogP contribution in [0.4, 0.5) is 0 Å². The van der Waals surface area contributed by atoms with Gasteiger partial charge in [-0.15, -0.1) is 0 Å². The van der Waals surface area contributed by atoms with Gasteiger partial charge in [0.05, 0.1) is 12.4 Å². The minimum atomic E-state index is -1.10. The van der Waals surface area contributed by atoms with Crippen molar-refractivity contribution in [3.8, 4) is 0 Å². The number of nitrogens with one attached hydrogen (secondary N) is 2. The predicted octanol–water partition coefficient (Wildman–Crippen LogP) is -1.52. The number of carbonyl (C=O) groups is 2. The number of carboxylic acids is 1. The highest BCUT2D eigenvalue weighted by atomic mass is 16.4. The zero-order valence-electron chi connectivity index (χ0n) is 7.93. The number of aliphatic carboxylic acids is 1. The molecular weight excluding hydrogens is 200 g/mol. The van der Waals surface area contributed by atoms with Crippen molar-refractivity contribution in [3.63, 3.8) is 0 Å². The van der Waals surface area contributed by atoms with Crippen LogP contribution in [-0.4, -0.2) is 39.5 Å². The highest BCUT2D eigenvalue weighted by Gasteiger charge is 2.14. The second-order valence-corrected chi connectivity index (χ2v) is 3.00. The Morgan fingerprint density at radius 2 is 2.40 bits per heavy atom. The van der Waals surface area contributed by atoms with E-state index in [9.17, 15) is 9.59 Å². The Kier molecular flexibility index (Phi) is 3.81. The third-order valence-electron chi connectivity index (χ3n) is 1.75. The fraction of sp³-hybridized carbons (Fsp3) is 0.375. The fourth-order valence-electron chi connectivity index (χ4n) is 1.02. The molecule has 5 N–H and O–H groups in total. The first-order valence-electron chi connectivity index (χ1n) is 4.32. The molecule has 1 atom stereocenters. The van der Waals surface area contributed by atoms with Crippen molar-refractivity contribution in [1.29, 1.82) is 0 Å². The summed E-state index contributed by atoms with van der Waals surface area (Å²) in [5, 5.41) is 10.5. The minimum absolute atomic E-state index is 0.297. The maximum Gasteiger partial charge on any atom is 0.322 e. The van der Waals surface area contributed by atoms with E-state index < -0.39 is 24.5 Å². The van der Waals surface area contributed by atoms with Gasteiger partial charge in [-0.3, -0.25) is 9.59 Å². The summed E-state index contributed by atoms with van der Waals surface area (Å²) in [4.78, 5) is 28.0. The van der Waals surface area contributed by atoms with Crippen molar-refractivity contribution in [2.75, 3.05) is 6.54 Å². The topological polar surface area (TPSA) is 121 Å². The van der Waals surface area contributed by atoms with E-state index in [0.717, 1.165) is 5.69 Å². The van der Waals surface area contributed by atoms with Crippen molar-refractivity contribution in [2.24, 2.45) is 5.73 Å². The number of H-pyrrole nitrogens is 1. The standard InChI is InChI=1S/C8H12N4O3/c9-6(1-5-2-10-4-12-5)8(15)11-3-7(13)14/h2,4,6H,1,3,9H2,(H,10,12)(H,11,15)(H,13,14)/t6-/m0/s1. The Hall–Kier alpha value is -1.89. The molecule has 0 fully saturated rings. The molecule has 0 aliphatic rings. The number of imidazole rings is 1. The van der Waals surface area contributed by atoms with E-state index in [1.54, 1.807) is 6.20 Å². The van der Waals surface area contributed by atoms with E-state index in [1.807, 2.05) is 0 Å². The van der Waals surface area contributed by atoms with Crippen LogP contribution in [0.15, 0.2) is 12.5 Å². The predicted molar refractivity (Wildman–Crippen MR) is 50.9 cm³/mol. The summed E-state index contributed by atoms with van der Waals surface area (Å²) in [5.74, 6) is -1.59. The van der Waals surface area contributed by atoms with Gasteiger partial charge < -0.3 is 21.1 Å². The number of carbonyl (C=O) groups excluding carboxylic acids is 1. The number of aromatic amines is 1. The second-order valence-electron chi connectivity index (χ2n) is 3.00. The summed E-state index contributed by atoms with van der Waals surface area (Å²) in [7, 11) is 0. The number of hydrogen-bond acceptors (Lipinski definition) is 4. The summed E-state index contributed by atoms with van der Waals surface area (Å²) in [5.41, 5.74) is 6.27. The quantitative estimate of drug-likeness (QED) is 0.472. The van der Waals surface area contributed by atoms with Crippen molar-refractivity contribution >= 4 is 11.9 Å². The summed E-state index contributed by atoms with van der Waals surface area (Å²) < 4.78 is 0. The molecule has 0 unspecified atom stereocenters. The van der Waals surface area contributed by atoms with Crippen LogP contribution in [-0.2, 0) is 16.0 Å². The van der Waals surface area contributed by atoms with E-state index in [1.165, 1.54) is 6.33 Å². The number of nitrogens with two attached hydrogens (primary N) is 1. The molecule has 1 rings (SSSR count). The molecule has 0 saturated carbocycles. The van der Waals surface area contributed by atoms with Crippen LogP contribution in [0, 0.1) is 0 Å². The Balaban J connectivity index is 2.36. The third kappa shape index (κ3) is 3.77. The Bertz CT molecular complexity index is 336. The molecule has 15 heavy (non-hydrogen) atoms. The lowest BCUT2D eigenvalue weighted by Gasteiger charge is -2.09. The Labute approximate surface area is 85.7 Å².